The highest BCUT2D eigenvalue weighted by Crippen LogP contribution is 2.11. The Hall–Kier alpha value is -1.92. The van der Waals surface area contributed by atoms with Crippen molar-refractivity contribution >= 4 is 16.9 Å². The zero-order chi connectivity index (χ0) is 13.9. The van der Waals surface area contributed by atoms with Crippen LogP contribution in [0.3, 0.4) is 0 Å². The second-order valence-electron chi connectivity index (χ2n) is 5.10. The number of nitrogens with one attached hydrogen (secondary N) is 2. The van der Waals surface area contributed by atoms with Crippen molar-refractivity contribution in [2.45, 2.75) is 25.1 Å². The third-order valence-electron chi connectivity index (χ3n) is 3.64. The number of aliphatic hydroxyl groups excluding tert-OH is 1. The van der Waals surface area contributed by atoms with E-state index in [1.165, 1.54) is 0 Å². The molecule has 106 valence electrons. The van der Waals surface area contributed by atoms with Gasteiger partial charge >= 0.3 is 0 Å². The van der Waals surface area contributed by atoms with E-state index in [1.807, 2.05) is 28.8 Å². The van der Waals surface area contributed by atoms with E-state index in [2.05, 4.69) is 15.6 Å². The highest BCUT2D eigenvalue weighted by Gasteiger charge is 2.24. The van der Waals surface area contributed by atoms with Crippen LogP contribution in [0.15, 0.2) is 30.6 Å². The molecule has 0 saturated carbocycles. The summed E-state index contributed by atoms with van der Waals surface area (Å²) in [5.74, 6) is -0.0981. The van der Waals surface area contributed by atoms with E-state index in [0.29, 0.717) is 6.54 Å². The van der Waals surface area contributed by atoms with E-state index in [4.69, 9.17) is 0 Å². The van der Waals surface area contributed by atoms with Gasteiger partial charge in [-0.25, -0.2) is 4.98 Å². The lowest BCUT2D eigenvalue weighted by molar-refractivity contribution is -0.123. The first-order valence-corrected chi connectivity index (χ1v) is 6.82. The molecule has 1 saturated heterocycles. The number of fused-ring (bicyclic) bond motifs is 1. The fourth-order valence-electron chi connectivity index (χ4n) is 2.55. The van der Waals surface area contributed by atoms with Crippen LogP contribution in [0.2, 0.25) is 0 Å². The van der Waals surface area contributed by atoms with Crippen molar-refractivity contribution in [2.75, 3.05) is 13.1 Å². The Balaban J connectivity index is 1.66. The van der Waals surface area contributed by atoms with Crippen LogP contribution in [-0.2, 0) is 11.3 Å². The Labute approximate surface area is 116 Å². The maximum atomic E-state index is 12.1. The molecule has 3 N–H and O–H groups in total. The molecule has 20 heavy (non-hydrogen) atoms. The fraction of sp³-hybridized carbons (Fsp3) is 0.429. The van der Waals surface area contributed by atoms with Crippen molar-refractivity contribution in [1.29, 1.82) is 0 Å². The van der Waals surface area contributed by atoms with E-state index in [-0.39, 0.29) is 18.5 Å². The number of imidazole rings is 1. The monoisotopic (exact) mass is 274 g/mol. The molecule has 2 aromatic rings. The van der Waals surface area contributed by atoms with Gasteiger partial charge in [-0.3, -0.25) is 4.79 Å². The lowest BCUT2D eigenvalue weighted by atomic mass is 10.0. The minimum absolute atomic E-state index is 0.0981. The van der Waals surface area contributed by atoms with Crippen molar-refractivity contribution in [3.05, 3.63) is 30.6 Å². The number of nitrogens with zero attached hydrogens (tertiary/aromatic N) is 2. The van der Waals surface area contributed by atoms with Crippen molar-refractivity contribution in [3.63, 3.8) is 0 Å². The van der Waals surface area contributed by atoms with Gasteiger partial charge in [-0.05, 0) is 25.1 Å². The van der Waals surface area contributed by atoms with Crippen LogP contribution >= 0.6 is 0 Å². The number of hydrogen-bond acceptors (Lipinski definition) is 4. The van der Waals surface area contributed by atoms with Gasteiger partial charge in [-0.1, -0.05) is 12.1 Å². The first-order valence-electron chi connectivity index (χ1n) is 6.82. The molecule has 3 rings (SSSR count). The summed E-state index contributed by atoms with van der Waals surface area (Å²) in [6, 6.07) is 7.54. The van der Waals surface area contributed by atoms with E-state index in [9.17, 15) is 9.90 Å². The van der Waals surface area contributed by atoms with E-state index in [0.717, 1.165) is 24.0 Å². The minimum Gasteiger partial charge on any atom is -0.390 e. The second-order valence-corrected chi connectivity index (χ2v) is 5.10. The number of β-amino-alcohol motifs (C(OH)–C–C–N with tert-alkyl or cyclic N) is 1. The van der Waals surface area contributed by atoms with Crippen molar-refractivity contribution in [2.24, 2.45) is 0 Å². The van der Waals surface area contributed by atoms with Crippen LogP contribution < -0.4 is 10.6 Å². The molecule has 0 bridgehead atoms. The molecule has 0 spiro atoms. The zero-order valence-electron chi connectivity index (χ0n) is 11.1. The van der Waals surface area contributed by atoms with Crippen LogP contribution in [0.4, 0.5) is 0 Å². The predicted octanol–water partition coefficient (Wildman–Crippen LogP) is -0.125. The van der Waals surface area contributed by atoms with E-state index in [1.54, 1.807) is 6.33 Å². The predicted molar refractivity (Wildman–Crippen MR) is 75.2 cm³/mol. The summed E-state index contributed by atoms with van der Waals surface area (Å²) >= 11 is 0. The Kier molecular flexibility index (Phi) is 3.66. The molecule has 6 nitrogen and oxygen atoms in total. The van der Waals surface area contributed by atoms with Gasteiger partial charge in [-0.2, -0.15) is 0 Å². The number of carbonyl (C=O) groups excluding carboxylic acids is 1. The Morgan fingerprint density at radius 1 is 1.50 bits per heavy atom. The topological polar surface area (TPSA) is 79.2 Å². The number of carbonyl (C=O) groups is 1. The highest BCUT2D eigenvalue weighted by molar-refractivity contribution is 5.80. The number of aliphatic hydroxyl groups is 1. The fourth-order valence-corrected chi connectivity index (χ4v) is 2.55. The normalized spacial score (nSPS) is 22.9. The quantitative estimate of drug-likeness (QED) is 0.729. The number of para-hydroxylation sites is 2. The molecule has 1 aromatic carbocycles. The van der Waals surface area contributed by atoms with Gasteiger partial charge in [0.2, 0.25) is 5.91 Å². The molecule has 0 radical (unpaired) electrons. The SMILES string of the molecule is O=C(Cn1cnc2ccccc21)N[C@@H]1CCNC[C@H]1O. The maximum absolute atomic E-state index is 12.1. The maximum Gasteiger partial charge on any atom is 0.240 e. The average Bonchev–Trinajstić information content (AvgIpc) is 2.85. The van der Waals surface area contributed by atoms with Gasteiger partial charge in [0, 0.05) is 6.54 Å². The molecule has 2 heterocycles. The zero-order valence-corrected chi connectivity index (χ0v) is 11.1. The van der Waals surface area contributed by atoms with Crippen LogP contribution in [0.25, 0.3) is 11.0 Å². The summed E-state index contributed by atoms with van der Waals surface area (Å²) in [7, 11) is 0. The molecular formula is C14H18N4O2. The molecule has 2 atom stereocenters. The van der Waals surface area contributed by atoms with Crippen LogP contribution in [0.5, 0.6) is 0 Å². The number of amides is 1. The Bertz CT molecular complexity index is 610. The molecule has 6 heteroatoms. The molecule has 0 unspecified atom stereocenters. The van der Waals surface area contributed by atoms with Crippen molar-refractivity contribution < 1.29 is 9.90 Å². The van der Waals surface area contributed by atoms with Crippen LogP contribution in [0, 0.1) is 0 Å². The first-order chi connectivity index (χ1) is 9.74. The molecular weight excluding hydrogens is 256 g/mol. The van der Waals surface area contributed by atoms with Gasteiger partial charge in [0.25, 0.3) is 0 Å². The highest BCUT2D eigenvalue weighted by atomic mass is 16.3. The summed E-state index contributed by atoms with van der Waals surface area (Å²) in [6.07, 6.45) is 1.90. The third-order valence-corrected chi connectivity index (χ3v) is 3.64. The Morgan fingerprint density at radius 2 is 2.35 bits per heavy atom. The standard InChI is InChI=1S/C14H18N4O2/c19-13-7-15-6-5-11(13)17-14(20)8-18-9-16-10-3-1-2-4-12(10)18/h1-4,9,11,13,15,19H,5-8H2,(H,17,20)/t11-,13-/m1/s1. The van der Waals surface area contributed by atoms with Gasteiger partial charge in [0.1, 0.15) is 6.54 Å². The number of benzene rings is 1. The van der Waals surface area contributed by atoms with E-state index < -0.39 is 6.10 Å². The van der Waals surface area contributed by atoms with Gasteiger partial charge in [-0.15, -0.1) is 0 Å². The average molecular weight is 274 g/mol. The second kappa shape index (κ2) is 5.60. The minimum atomic E-state index is -0.521. The molecule has 1 fully saturated rings. The molecule has 1 amide bonds. The number of rotatable bonds is 3. The summed E-state index contributed by atoms with van der Waals surface area (Å²) in [4.78, 5) is 16.3. The van der Waals surface area contributed by atoms with E-state index >= 15 is 0 Å². The number of piperidine rings is 1. The summed E-state index contributed by atoms with van der Waals surface area (Å²) in [5, 5.41) is 15.8. The Morgan fingerprint density at radius 3 is 3.20 bits per heavy atom. The molecule has 1 aliphatic heterocycles. The number of aromatic nitrogens is 2. The van der Waals surface area contributed by atoms with Crippen molar-refractivity contribution in [3.8, 4) is 0 Å². The van der Waals surface area contributed by atoms with Crippen LogP contribution in [0.1, 0.15) is 6.42 Å². The van der Waals surface area contributed by atoms with Gasteiger partial charge < -0.3 is 20.3 Å². The number of hydrogen-bond donors (Lipinski definition) is 3. The lowest BCUT2D eigenvalue weighted by Gasteiger charge is -2.29. The summed E-state index contributed by atoms with van der Waals surface area (Å²) in [6.45, 7) is 1.56. The summed E-state index contributed by atoms with van der Waals surface area (Å²) in [5.41, 5.74) is 1.82. The van der Waals surface area contributed by atoms with Crippen LogP contribution in [-0.4, -0.2) is 45.8 Å². The smallest absolute Gasteiger partial charge is 0.240 e. The third kappa shape index (κ3) is 2.66. The van der Waals surface area contributed by atoms with Crippen molar-refractivity contribution in [1.82, 2.24) is 20.2 Å². The molecule has 1 aliphatic rings. The lowest BCUT2D eigenvalue weighted by Crippen LogP contribution is -2.53. The first kappa shape index (κ1) is 13.1. The molecule has 0 aliphatic carbocycles. The summed E-state index contributed by atoms with van der Waals surface area (Å²) < 4.78 is 1.82. The van der Waals surface area contributed by atoms with Gasteiger partial charge in [0.05, 0.1) is 29.5 Å². The molecule has 1 aromatic heterocycles. The largest absolute Gasteiger partial charge is 0.390 e. The van der Waals surface area contributed by atoms with Gasteiger partial charge in [0.15, 0.2) is 0 Å².